The van der Waals surface area contributed by atoms with Gasteiger partial charge in [0.15, 0.2) is 0 Å². The zero-order valence-corrected chi connectivity index (χ0v) is 17.3. The van der Waals surface area contributed by atoms with E-state index in [1.54, 1.807) is 17.0 Å². The van der Waals surface area contributed by atoms with Crippen molar-refractivity contribution in [2.24, 2.45) is 0 Å². The lowest BCUT2D eigenvalue weighted by molar-refractivity contribution is -0.126. The summed E-state index contributed by atoms with van der Waals surface area (Å²) in [5.41, 5.74) is 3.61. The van der Waals surface area contributed by atoms with Crippen LogP contribution in [-0.2, 0) is 9.59 Å². The molecule has 1 unspecified atom stereocenters. The summed E-state index contributed by atoms with van der Waals surface area (Å²) in [6.45, 7) is 8.33. The molecule has 28 heavy (non-hydrogen) atoms. The van der Waals surface area contributed by atoms with Crippen LogP contribution in [0, 0.1) is 6.92 Å². The van der Waals surface area contributed by atoms with Crippen LogP contribution < -0.4 is 15.0 Å². The number of nitrogens with zero attached hydrogens (tertiary/aromatic N) is 1. The van der Waals surface area contributed by atoms with Gasteiger partial charge in [-0.2, -0.15) is 0 Å². The first-order valence-corrected chi connectivity index (χ1v) is 9.77. The zero-order chi connectivity index (χ0) is 20.4. The van der Waals surface area contributed by atoms with Crippen molar-refractivity contribution >= 4 is 29.1 Å². The number of para-hydroxylation sites is 1. The summed E-state index contributed by atoms with van der Waals surface area (Å²) in [4.78, 5) is 26.1. The van der Waals surface area contributed by atoms with Crippen LogP contribution in [0.5, 0.6) is 5.75 Å². The highest BCUT2D eigenvalue weighted by molar-refractivity contribution is 6.34. The number of ether oxygens (including phenoxy) is 1. The van der Waals surface area contributed by atoms with E-state index < -0.39 is 6.04 Å². The summed E-state index contributed by atoms with van der Waals surface area (Å²) < 4.78 is 6.04. The number of amides is 2. The minimum Gasteiger partial charge on any atom is -0.491 e. The maximum Gasteiger partial charge on any atom is 0.254 e. The number of carbonyl (C=O) groups is 2. The van der Waals surface area contributed by atoms with E-state index in [9.17, 15) is 9.59 Å². The molecule has 0 aromatic heterocycles. The van der Waals surface area contributed by atoms with E-state index in [0.717, 1.165) is 16.9 Å². The fraction of sp³-hybridized carbons (Fsp3) is 0.364. The summed E-state index contributed by atoms with van der Waals surface area (Å²) in [6.07, 6.45) is 0. The molecule has 0 fully saturated rings. The molecule has 0 spiro atoms. The molecule has 6 heteroatoms. The summed E-state index contributed by atoms with van der Waals surface area (Å²) in [5.74, 6) is 0.710. The van der Waals surface area contributed by atoms with Crippen LogP contribution in [0.2, 0.25) is 5.02 Å². The monoisotopic (exact) mass is 400 g/mol. The third kappa shape index (κ3) is 3.99. The molecule has 1 heterocycles. The Balaban J connectivity index is 1.79. The number of aryl methyl sites for hydroxylation is 1. The quantitative estimate of drug-likeness (QED) is 0.783. The average molecular weight is 401 g/mol. The van der Waals surface area contributed by atoms with Crippen molar-refractivity contribution in [3.05, 3.63) is 58.1 Å². The van der Waals surface area contributed by atoms with Gasteiger partial charge in [0.2, 0.25) is 5.91 Å². The molecule has 1 aliphatic rings. The molecule has 1 aliphatic heterocycles. The van der Waals surface area contributed by atoms with Gasteiger partial charge >= 0.3 is 0 Å². The lowest BCUT2D eigenvalue weighted by Gasteiger charge is -2.20. The van der Waals surface area contributed by atoms with Crippen molar-refractivity contribution in [3.8, 4) is 5.75 Å². The smallest absolute Gasteiger partial charge is 0.254 e. The molecule has 5 nitrogen and oxygen atoms in total. The van der Waals surface area contributed by atoms with Crippen LogP contribution >= 0.6 is 11.6 Å². The van der Waals surface area contributed by atoms with E-state index in [4.69, 9.17) is 16.3 Å². The van der Waals surface area contributed by atoms with Gasteiger partial charge in [0.1, 0.15) is 18.4 Å². The van der Waals surface area contributed by atoms with Gasteiger partial charge in [-0.15, -0.1) is 0 Å². The van der Waals surface area contributed by atoms with Crippen molar-refractivity contribution in [3.63, 3.8) is 0 Å². The predicted molar refractivity (Wildman–Crippen MR) is 111 cm³/mol. The average Bonchev–Trinajstić information content (AvgIpc) is 2.88. The van der Waals surface area contributed by atoms with E-state index in [2.05, 4.69) is 31.3 Å². The lowest BCUT2D eigenvalue weighted by Crippen LogP contribution is -2.38. The third-order valence-electron chi connectivity index (χ3n) is 4.82. The van der Waals surface area contributed by atoms with Gasteiger partial charge in [0, 0.05) is 12.5 Å². The lowest BCUT2D eigenvalue weighted by atomic mass is 10.0. The van der Waals surface area contributed by atoms with E-state index in [-0.39, 0.29) is 11.8 Å². The molecule has 0 saturated carbocycles. The summed E-state index contributed by atoms with van der Waals surface area (Å²) in [5, 5.41) is 3.20. The molecule has 2 aromatic carbocycles. The molecular formula is C22H25ClN2O3. The van der Waals surface area contributed by atoms with Gasteiger partial charge < -0.3 is 15.0 Å². The SMILES string of the molecule is CC(=O)NC1C(=O)N(CCOc2cc(C)ccc2C(C)C)c2c(Cl)cccc21. The van der Waals surface area contributed by atoms with Gasteiger partial charge in [-0.25, -0.2) is 0 Å². The largest absolute Gasteiger partial charge is 0.491 e. The third-order valence-corrected chi connectivity index (χ3v) is 5.13. The number of anilines is 1. The molecule has 0 saturated heterocycles. The van der Waals surface area contributed by atoms with Crippen molar-refractivity contribution in [2.75, 3.05) is 18.1 Å². The first kappa shape index (κ1) is 20.2. The molecule has 148 valence electrons. The van der Waals surface area contributed by atoms with Crippen LogP contribution in [0.3, 0.4) is 0 Å². The molecule has 0 aliphatic carbocycles. The molecule has 2 amide bonds. The Labute approximate surface area is 170 Å². The van der Waals surface area contributed by atoms with Crippen molar-refractivity contribution in [1.29, 1.82) is 0 Å². The summed E-state index contributed by atoms with van der Waals surface area (Å²) >= 11 is 6.37. The standard InChI is InChI=1S/C22H25ClN2O3/c1-13(2)16-9-8-14(3)12-19(16)28-11-10-25-21-17(6-5-7-18(21)23)20(22(25)27)24-15(4)26/h5-9,12-13,20H,10-11H2,1-4H3,(H,24,26). The normalized spacial score (nSPS) is 15.7. The van der Waals surface area contributed by atoms with Gasteiger partial charge in [-0.05, 0) is 36.1 Å². The second-order valence-corrected chi connectivity index (χ2v) is 7.75. The Bertz CT molecular complexity index is 911. The first-order chi connectivity index (χ1) is 13.3. The maximum atomic E-state index is 12.9. The molecular weight excluding hydrogens is 376 g/mol. The molecule has 1 atom stereocenters. The number of fused-ring (bicyclic) bond motifs is 1. The molecule has 1 N–H and O–H groups in total. The highest BCUT2D eigenvalue weighted by Crippen LogP contribution is 2.40. The van der Waals surface area contributed by atoms with E-state index >= 15 is 0 Å². The molecule has 3 rings (SSSR count). The predicted octanol–water partition coefficient (Wildman–Crippen LogP) is 4.37. The Morgan fingerprint density at radius 3 is 2.71 bits per heavy atom. The number of carbonyl (C=O) groups excluding carboxylic acids is 2. The second kappa shape index (κ2) is 8.23. The number of hydrogen-bond donors (Lipinski definition) is 1. The van der Waals surface area contributed by atoms with Crippen molar-refractivity contribution < 1.29 is 14.3 Å². The molecule has 0 bridgehead atoms. The van der Waals surface area contributed by atoms with Gasteiger partial charge in [-0.3, -0.25) is 9.59 Å². The van der Waals surface area contributed by atoms with Gasteiger partial charge in [0.25, 0.3) is 5.91 Å². The number of rotatable bonds is 6. The van der Waals surface area contributed by atoms with Crippen LogP contribution in [0.4, 0.5) is 5.69 Å². The summed E-state index contributed by atoms with van der Waals surface area (Å²) in [6, 6.07) is 10.8. The number of benzene rings is 2. The molecule has 0 radical (unpaired) electrons. The zero-order valence-electron chi connectivity index (χ0n) is 16.6. The van der Waals surface area contributed by atoms with Gasteiger partial charge in [0.05, 0.1) is 17.3 Å². The van der Waals surface area contributed by atoms with Crippen molar-refractivity contribution in [2.45, 2.75) is 39.7 Å². The van der Waals surface area contributed by atoms with E-state index in [0.29, 0.717) is 35.3 Å². The number of hydrogen-bond acceptors (Lipinski definition) is 3. The minimum absolute atomic E-state index is 0.199. The second-order valence-electron chi connectivity index (χ2n) is 7.35. The highest BCUT2D eigenvalue weighted by Gasteiger charge is 2.39. The summed E-state index contributed by atoms with van der Waals surface area (Å²) in [7, 11) is 0. The maximum absolute atomic E-state index is 12.9. The van der Waals surface area contributed by atoms with E-state index in [1.165, 1.54) is 6.92 Å². The fourth-order valence-electron chi connectivity index (χ4n) is 3.50. The topological polar surface area (TPSA) is 58.6 Å². The molecule has 2 aromatic rings. The highest BCUT2D eigenvalue weighted by atomic mass is 35.5. The Hall–Kier alpha value is -2.53. The Morgan fingerprint density at radius 2 is 2.04 bits per heavy atom. The number of halogens is 1. The van der Waals surface area contributed by atoms with Gasteiger partial charge in [-0.1, -0.05) is 49.7 Å². The fourth-order valence-corrected chi connectivity index (χ4v) is 3.79. The first-order valence-electron chi connectivity index (χ1n) is 9.39. The van der Waals surface area contributed by atoms with Crippen LogP contribution in [0.25, 0.3) is 0 Å². The van der Waals surface area contributed by atoms with E-state index in [1.807, 2.05) is 19.1 Å². The minimum atomic E-state index is -0.712. The van der Waals surface area contributed by atoms with Crippen molar-refractivity contribution in [1.82, 2.24) is 5.32 Å². The van der Waals surface area contributed by atoms with Crippen LogP contribution in [0.1, 0.15) is 49.4 Å². The Kier molecular flexibility index (Phi) is 5.94. The number of nitrogens with one attached hydrogen (secondary N) is 1. The van der Waals surface area contributed by atoms with Crippen LogP contribution in [0.15, 0.2) is 36.4 Å². The Morgan fingerprint density at radius 1 is 1.29 bits per heavy atom. The van der Waals surface area contributed by atoms with Crippen LogP contribution in [-0.4, -0.2) is 25.0 Å².